The van der Waals surface area contributed by atoms with Gasteiger partial charge in [0, 0.05) is 29.8 Å². The standard InChI is InChI=1S/C17H12BrF2NO2/c18-13-2-9(14(19)4-15(13)20)7-23-16-3-8-1-10-12(6-22)17(10)11(8)5-21-16/h2-6,10,12,17H,1,7H2/t10-,12-,17+/m0/s1. The molecule has 0 amide bonds. The number of aldehydes is 1. The zero-order valence-corrected chi connectivity index (χ0v) is 13.5. The molecule has 1 fully saturated rings. The van der Waals surface area contributed by atoms with E-state index in [1.807, 2.05) is 6.07 Å². The van der Waals surface area contributed by atoms with Crippen LogP contribution in [0.15, 0.2) is 28.9 Å². The Hall–Kier alpha value is -1.82. The third-order valence-corrected chi connectivity index (χ3v) is 5.27. The van der Waals surface area contributed by atoms with Crippen molar-refractivity contribution in [1.29, 1.82) is 0 Å². The van der Waals surface area contributed by atoms with Crippen LogP contribution < -0.4 is 4.74 Å². The quantitative estimate of drug-likeness (QED) is 0.599. The number of carbonyl (C=O) groups is 1. The van der Waals surface area contributed by atoms with Crippen molar-refractivity contribution in [2.45, 2.75) is 18.9 Å². The van der Waals surface area contributed by atoms with Gasteiger partial charge in [-0.25, -0.2) is 13.8 Å². The lowest BCUT2D eigenvalue weighted by Gasteiger charge is -2.10. The SMILES string of the molecule is O=C[C@H]1[C@@H]2Cc3cc(OCc4cc(Br)c(F)cc4F)ncc3[C@H]12. The van der Waals surface area contributed by atoms with Crippen molar-refractivity contribution in [1.82, 2.24) is 4.98 Å². The van der Waals surface area contributed by atoms with Crippen LogP contribution in [0.25, 0.3) is 0 Å². The van der Waals surface area contributed by atoms with Crippen LogP contribution in [0.5, 0.6) is 5.88 Å². The number of carbonyl (C=O) groups excluding carboxylic acids is 1. The van der Waals surface area contributed by atoms with Crippen LogP contribution in [0.1, 0.15) is 22.6 Å². The van der Waals surface area contributed by atoms with E-state index in [4.69, 9.17) is 4.74 Å². The van der Waals surface area contributed by atoms with Gasteiger partial charge < -0.3 is 9.53 Å². The van der Waals surface area contributed by atoms with Crippen molar-refractivity contribution in [3.8, 4) is 5.88 Å². The molecule has 23 heavy (non-hydrogen) atoms. The summed E-state index contributed by atoms with van der Waals surface area (Å²) >= 11 is 3.03. The second-order valence-electron chi connectivity index (χ2n) is 5.97. The van der Waals surface area contributed by atoms with Crippen molar-refractivity contribution < 1.29 is 18.3 Å². The molecule has 2 aliphatic carbocycles. The molecule has 4 rings (SSSR count). The number of hydrogen-bond donors (Lipinski definition) is 0. The third kappa shape index (κ3) is 2.45. The topological polar surface area (TPSA) is 39.2 Å². The normalized spacial score (nSPS) is 24.0. The molecule has 2 aromatic rings. The highest BCUT2D eigenvalue weighted by molar-refractivity contribution is 9.10. The van der Waals surface area contributed by atoms with Crippen molar-refractivity contribution in [2.75, 3.05) is 0 Å². The maximum absolute atomic E-state index is 13.7. The molecule has 0 radical (unpaired) electrons. The summed E-state index contributed by atoms with van der Waals surface area (Å²) in [6, 6.07) is 4.04. The molecule has 1 aromatic heterocycles. The predicted octanol–water partition coefficient (Wildman–Crippen LogP) is 3.79. The molecule has 0 N–H and O–H groups in total. The Balaban J connectivity index is 1.49. The fourth-order valence-corrected chi connectivity index (χ4v) is 3.80. The monoisotopic (exact) mass is 379 g/mol. The van der Waals surface area contributed by atoms with Crippen LogP contribution in [0.3, 0.4) is 0 Å². The molecule has 6 heteroatoms. The van der Waals surface area contributed by atoms with E-state index in [1.165, 1.54) is 6.07 Å². The van der Waals surface area contributed by atoms with Crippen LogP contribution in [-0.2, 0) is 17.8 Å². The van der Waals surface area contributed by atoms with Gasteiger partial charge in [-0.1, -0.05) is 0 Å². The van der Waals surface area contributed by atoms with Crippen LogP contribution in [0.2, 0.25) is 0 Å². The summed E-state index contributed by atoms with van der Waals surface area (Å²) < 4.78 is 32.6. The maximum atomic E-state index is 13.7. The number of rotatable bonds is 4. The second-order valence-corrected chi connectivity index (χ2v) is 6.83. The lowest BCUT2D eigenvalue weighted by molar-refractivity contribution is -0.109. The van der Waals surface area contributed by atoms with Crippen molar-refractivity contribution in [2.24, 2.45) is 11.8 Å². The van der Waals surface area contributed by atoms with Crippen LogP contribution in [0.4, 0.5) is 8.78 Å². The van der Waals surface area contributed by atoms with Crippen molar-refractivity contribution in [3.63, 3.8) is 0 Å². The fourth-order valence-electron chi connectivity index (χ4n) is 3.41. The van der Waals surface area contributed by atoms with E-state index in [-0.39, 0.29) is 22.6 Å². The van der Waals surface area contributed by atoms with Crippen molar-refractivity contribution in [3.05, 3.63) is 57.2 Å². The summed E-state index contributed by atoms with van der Waals surface area (Å²) in [5.41, 5.74) is 2.52. The lowest BCUT2D eigenvalue weighted by Crippen LogP contribution is -2.03. The zero-order chi connectivity index (χ0) is 16.1. The fraction of sp³-hybridized carbons (Fsp3) is 0.294. The molecule has 0 saturated heterocycles. The molecule has 1 saturated carbocycles. The first-order chi connectivity index (χ1) is 11.1. The third-order valence-electron chi connectivity index (χ3n) is 4.67. The summed E-state index contributed by atoms with van der Waals surface area (Å²) in [4.78, 5) is 15.1. The first kappa shape index (κ1) is 14.8. The highest BCUT2D eigenvalue weighted by Crippen LogP contribution is 2.60. The number of aromatic nitrogens is 1. The number of pyridine rings is 1. The van der Waals surface area contributed by atoms with Gasteiger partial charge >= 0.3 is 0 Å². The Morgan fingerprint density at radius 1 is 1.30 bits per heavy atom. The molecule has 0 spiro atoms. The van der Waals surface area contributed by atoms with E-state index in [0.29, 0.717) is 17.7 Å². The van der Waals surface area contributed by atoms with E-state index in [9.17, 15) is 13.6 Å². The van der Waals surface area contributed by atoms with E-state index in [2.05, 4.69) is 20.9 Å². The second kappa shape index (κ2) is 5.37. The largest absolute Gasteiger partial charge is 0.473 e. The maximum Gasteiger partial charge on any atom is 0.213 e. The minimum absolute atomic E-state index is 0.0275. The van der Waals surface area contributed by atoms with Gasteiger partial charge in [0.2, 0.25) is 5.88 Å². The zero-order valence-electron chi connectivity index (χ0n) is 11.9. The molecular formula is C17H12BrF2NO2. The Morgan fingerprint density at radius 2 is 2.13 bits per heavy atom. The van der Waals surface area contributed by atoms with E-state index >= 15 is 0 Å². The first-order valence-electron chi connectivity index (χ1n) is 7.29. The van der Waals surface area contributed by atoms with Gasteiger partial charge in [0.25, 0.3) is 0 Å². The molecule has 0 unspecified atom stereocenters. The molecule has 118 valence electrons. The minimum Gasteiger partial charge on any atom is -0.473 e. The van der Waals surface area contributed by atoms with E-state index in [0.717, 1.165) is 29.9 Å². The van der Waals surface area contributed by atoms with Gasteiger partial charge in [-0.2, -0.15) is 0 Å². The molecule has 0 aliphatic heterocycles. The van der Waals surface area contributed by atoms with E-state index in [1.54, 1.807) is 6.20 Å². The Morgan fingerprint density at radius 3 is 2.91 bits per heavy atom. The van der Waals surface area contributed by atoms with Gasteiger partial charge in [0.15, 0.2) is 0 Å². The number of fused-ring (bicyclic) bond motifs is 3. The number of benzene rings is 1. The first-order valence-corrected chi connectivity index (χ1v) is 8.08. The summed E-state index contributed by atoms with van der Waals surface area (Å²) in [5.74, 6) is -0.0262. The highest BCUT2D eigenvalue weighted by atomic mass is 79.9. The summed E-state index contributed by atoms with van der Waals surface area (Å²) in [5, 5.41) is 0. The molecule has 3 atom stereocenters. The summed E-state index contributed by atoms with van der Waals surface area (Å²) in [6.07, 6.45) is 3.63. The average molecular weight is 380 g/mol. The lowest BCUT2D eigenvalue weighted by atomic mass is 10.1. The number of nitrogens with zero attached hydrogens (tertiary/aromatic N) is 1. The van der Waals surface area contributed by atoms with Crippen LogP contribution >= 0.6 is 15.9 Å². The smallest absolute Gasteiger partial charge is 0.213 e. The van der Waals surface area contributed by atoms with Crippen molar-refractivity contribution >= 4 is 22.2 Å². The van der Waals surface area contributed by atoms with Gasteiger partial charge in [0.05, 0.1) is 4.47 Å². The number of halogens is 3. The van der Waals surface area contributed by atoms with Gasteiger partial charge in [-0.3, -0.25) is 0 Å². The van der Waals surface area contributed by atoms with E-state index < -0.39 is 11.6 Å². The van der Waals surface area contributed by atoms with Gasteiger partial charge in [-0.15, -0.1) is 0 Å². The van der Waals surface area contributed by atoms with Crippen LogP contribution in [0, 0.1) is 23.5 Å². The molecule has 0 bridgehead atoms. The Kier molecular flexibility index (Phi) is 3.44. The molecule has 1 heterocycles. The number of hydrogen-bond acceptors (Lipinski definition) is 3. The molecule has 3 nitrogen and oxygen atoms in total. The average Bonchev–Trinajstić information content (AvgIpc) is 3.09. The Labute approximate surface area is 139 Å². The minimum atomic E-state index is -0.651. The van der Waals surface area contributed by atoms with Crippen LogP contribution in [-0.4, -0.2) is 11.3 Å². The summed E-state index contributed by atoms with van der Waals surface area (Å²) in [7, 11) is 0. The molecule has 1 aromatic carbocycles. The molecule has 2 aliphatic rings. The highest BCUT2D eigenvalue weighted by Gasteiger charge is 2.55. The summed E-state index contributed by atoms with van der Waals surface area (Å²) in [6.45, 7) is -0.0275. The predicted molar refractivity (Wildman–Crippen MR) is 82.1 cm³/mol. The number of ether oxygens (including phenoxy) is 1. The van der Waals surface area contributed by atoms with Gasteiger partial charge in [0.1, 0.15) is 24.5 Å². The Bertz CT molecular complexity index is 811. The van der Waals surface area contributed by atoms with Gasteiger partial charge in [-0.05, 0) is 51.4 Å². The molecular weight excluding hydrogens is 368 g/mol.